The molecule has 5 nitrogen and oxygen atoms in total. The van der Waals surface area contributed by atoms with E-state index in [2.05, 4.69) is 26.0 Å². The predicted octanol–water partition coefficient (Wildman–Crippen LogP) is 1.32. The van der Waals surface area contributed by atoms with Crippen molar-refractivity contribution in [3.63, 3.8) is 0 Å². The summed E-state index contributed by atoms with van der Waals surface area (Å²) in [6, 6.07) is 7.02. The van der Waals surface area contributed by atoms with E-state index in [0.29, 0.717) is 13.1 Å². The molecule has 0 spiro atoms. The van der Waals surface area contributed by atoms with Crippen LogP contribution in [-0.2, 0) is 14.3 Å². The van der Waals surface area contributed by atoms with Crippen LogP contribution < -0.4 is 10.2 Å². The van der Waals surface area contributed by atoms with Crippen molar-refractivity contribution in [2.75, 3.05) is 25.1 Å². The van der Waals surface area contributed by atoms with Gasteiger partial charge in [0.2, 0.25) is 5.91 Å². The highest BCUT2D eigenvalue weighted by Gasteiger charge is 2.31. The zero-order valence-electron chi connectivity index (χ0n) is 10.6. The van der Waals surface area contributed by atoms with Crippen LogP contribution in [0.4, 0.5) is 5.69 Å². The number of methoxy groups -OCH3 is 1. The molecule has 0 aromatic heterocycles. The first-order valence-corrected chi connectivity index (χ1v) is 6.78. The second-order valence-corrected chi connectivity index (χ2v) is 5.17. The number of amides is 1. The Morgan fingerprint density at radius 3 is 2.79 bits per heavy atom. The smallest absolute Gasteiger partial charge is 0.307 e. The normalized spacial score (nSPS) is 19.4. The van der Waals surface area contributed by atoms with Gasteiger partial charge in [-0.3, -0.25) is 9.59 Å². The van der Waals surface area contributed by atoms with Crippen molar-refractivity contribution < 1.29 is 14.3 Å². The van der Waals surface area contributed by atoms with E-state index in [4.69, 9.17) is 0 Å². The van der Waals surface area contributed by atoms with Gasteiger partial charge >= 0.3 is 5.97 Å². The molecule has 1 unspecified atom stereocenters. The predicted molar refractivity (Wildman–Crippen MR) is 74.9 cm³/mol. The summed E-state index contributed by atoms with van der Waals surface area (Å²) < 4.78 is 5.57. The highest BCUT2D eigenvalue weighted by Crippen LogP contribution is 2.20. The van der Waals surface area contributed by atoms with E-state index in [1.807, 2.05) is 24.3 Å². The lowest BCUT2D eigenvalue weighted by atomic mass is 10.1. The minimum atomic E-state index is -0.509. The fourth-order valence-corrected chi connectivity index (χ4v) is 2.29. The Morgan fingerprint density at radius 1 is 1.47 bits per heavy atom. The van der Waals surface area contributed by atoms with Crippen molar-refractivity contribution in [2.24, 2.45) is 0 Å². The molecule has 2 rings (SSSR count). The molecule has 0 saturated carbocycles. The lowest BCUT2D eigenvalue weighted by molar-refractivity contribution is -0.143. The van der Waals surface area contributed by atoms with Crippen LogP contribution in [0.25, 0.3) is 0 Å². The Kier molecular flexibility index (Phi) is 4.55. The van der Waals surface area contributed by atoms with Gasteiger partial charge in [0.05, 0.1) is 19.6 Å². The van der Waals surface area contributed by atoms with E-state index in [1.165, 1.54) is 7.11 Å². The third-order valence-electron chi connectivity index (χ3n) is 3.03. The fourth-order valence-electron chi connectivity index (χ4n) is 2.02. The third kappa shape index (κ3) is 3.33. The van der Waals surface area contributed by atoms with Crippen LogP contribution in [0, 0.1) is 0 Å². The molecule has 0 bridgehead atoms. The van der Waals surface area contributed by atoms with E-state index in [1.54, 1.807) is 4.90 Å². The Balaban J connectivity index is 2.11. The largest absolute Gasteiger partial charge is 0.469 e. The molecule has 1 aliphatic rings. The van der Waals surface area contributed by atoms with Gasteiger partial charge in [-0.15, -0.1) is 0 Å². The highest BCUT2D eigenvalue weighted by atomic mass is 79.9. The van der Waals surface area contributed by atoms with Crippen molar-refractivity contribution in [3.05, 3.63) is 28.7 Å². The van der Waals surface area contributed by atoms with Crippen LogP contribution in [0.1, 0.15) is 6.42 Å². The average molecular weight is 327 g/mol. The van der Waals surface area contributed by atoms with Crippen LogP contribution in [0.3, 0.4) is 0 Å². The molecule has 102 valence electrons. The molecule has 0 radical (unpaired) electrons. The molecular weight excluding hydrogens is 312 g/mol. The molecule has 1 N–H and O–H groups in total. The quantitative estimate of drug-likeness (QED) is 0.851. The summed E-state index contributed by atoms with van der Waals surface area (Å²) in [6.07, 6.45) is 0.0579. The summed E-state index contributed by atoms with van der Waals surface area (Å²) in [4.78, 5) is 25.3. The minimum absolute atomic E-state index is 0.0579. The number of rotatable bonds is 3. The zero-order valence-corrected chi connectivity index (χ0v) is 12.1. The molecule has 0 aliphatic carbocycles. The van der Waals surface area contributed by atoms with Crippen LogP contribution >= 0.6 is 15.9 Å². The molecule has 1 saturated heterocycles. The molecule has 19 heavy (non-hydrogen) atoms. The number of benzene rings is 1. The van der Waals surface area contributed by atoms with Crippen molar-refractivity contribution >= 4 is 33.5 Å². The van der Waals surface area contributed by atoms with Crippen molar-refractivity contribution in [3.8, 4) is 0 Å². The van der Waals surface area contributed by atoms with Gasteiger partial charge in [-0.2, -0.15) is 0 Å². The molecular formula is C13H15BrN2O3. The fraction of sp³-hybridized carbons (Fsp3) is 0.385. The molecule has 1 heterocycles. The lowest BCUT2D eigenvalue weighted by Gasteiger charge is -2.32. The molecule has 1 fully saturated rings. The van der Waals surface area contributed by atoms with Crippen LogP contribution in [0.15, 0.2) is 28.7 Å². The number of anilines is 1. The molecule has 1 aromatic rings. The number of halogens is 1. The van der Waals surface area contributed by atoms with E-state index < -0.39 is 6.04 Å². The number of ether oxygens (including phenoxy) is 1. The summed E-state index contributed by atoms with van der Waals surface area (Å²) >= 11 is 3.36. The number of esters is 1. The average Bonchev–Trinajstić information content (AvgIpc) is 2.42. The Morgan fingerprint density at radius 2 is 2.16 bits per heavy atom. The molecule has 1 aliphatic heterocycles. The molecule has 1 amide bonds. The number of carbonyl (C=O) groups excluding carboxylic acids is 2. The monoisotopic (exact) mass is 326 g/mol. The lowest BCUT2D eigenvalue weighted by Crippen LogP contribution is -2.56. The van der Waals surface area contributed by atoms with Gasteiger partial charge in [0.15, 0.2) is 0 Å². The van der Waals surface area contributed by atoms with Crippen LogP contribution in [0.5, 0.6) is 0 Å². The third-order valence-corrected chi connectivity index (χ3v) is 3.56. The van der Waals surface area contributed by atoms with Gasteiger partial charge in [-0.25, -0.2) is 0 Å². The summed E-state index contributed by atoms with van der Waals surface area (Å²) in [5, 5.41) is 3.04. The number of piperazine rings is 1. The SMILES string of the molecule is COC(=O)CC1NCCN(c2ccc(Br)cc2)C1=O. The van der Waals surface area contributed by atoms with Gasteiger partial charge in [0.1, 0.15) is 0 Å². The van der Waals surface area contributed by atoms with E-state index in [-0.39, 0.29) is 18.3 Å². The van der Waals surface area contributed by atoms with E-state index in [0.717, 1.165) is 10.2 Å². The summed E-state index contributed by atoms with van der Waals surface area (Å²) in [6.45, 7) is 1.25. The topological polar surface area (TPSA) is 58.6 Å². The van der Waals surface area contributed by atoms with Crippen LogP contribution in [-0.4, -0.2) is 38.1 Å². The highest BCUT2D eigenvalue weighted by molar-refractivity contribution is 9.10. The van der Waals surface area contributed by atoms with Gasteiger partial charge < -0.3 is 15.0 Å². The number of hydrogen-bond acceptors (Lipinski definition) is 4. The van der Waals surface area contributed by atoms with Gasteiger partial charge in [-0.1, -0.05) is 15.9 Å². The maximum absolute atomic E-state index is 12.3. The van der Waals surface area contributed by atoms with Gasteiger partial charge in [0.25, 0.3) is 0 Å². The number of carbonyl (C=O) groups is 2. The summed E-state index contributed by atoms with van der Waals surface area (Å²) in [5.41, 5.74) is 0.838. The van der Waals surface area contributed by atoms with Gasteiger partial charge in [-0.05, 0) is 24.3 Å². The number of hydrogen-bond donors (Lipinski definition) is 1. The summed E-state index contributed by atoms with van der Waals surface area (Å²) in [7, 11) is 1.32. The summed E-state index contributed by atoms with van der Waals surface area (Å²) in [5.74, 6) is -0.484. The first kappa shape index (κ1) is 14.0. The number of nitrogens with one attached hydrogen (secondary N) is 1. The Labute approximate surface area is 120 Å². The molecule has 6 heteroatoms. The first-order chi connectivity index (χ1) is 9.11. The second-order valence-electron chi connectivity index (χ2n) is 4.25. The Hall–Kier alpha value is -1.40. The minimum Gasteiger partial charge on any atom is -0.469 e. The van der Waals surface area contributed by atoms with E-state index in [9.17, 15) is 9.59 Å². The zero-order chi connectivity index (χ0) is 13.8. The second kappa shape index (κ2) is 6.16. The maximum atomic E-state index is 12.3. The Bertz CT molecular complexity index is 475. The standard InChI is InChI=1S/C13H15BrN2O3/c1-19-12(17)8-11-13(18)16(7-6-15-11)10-4-2-9(14)3-5-10/h2-5,11,15H,6-8H2,1H3. The number of nitrogens with zero attached hydrogens (tertiary/aromatic N) is 1. The van der Waals surface area contributed by atoms with Crippen molar-refractivity contribution in [1.29, 1.82) is 0 Å². The molecule has 1 atom stereocenters. The van der Waals surface area contributed by atoms with Gasteiger partial charge in [0, 0.05) is 23.2 Å². The first-order valence-electron chi connectivity index (χ1n) is 5.99. The van der Waals surface area contributed by atoms with Crippen LogP contribution in [0.2, 0.25) is 0 Å². The van der Waals surface area contributed by atoms with Crippen molar-refractivity contribution in [2.45, 2.75) is 12.5 Å². The molecule has 1 aromatic carbocycles. The van der Waals surface area contributed by atoms with E-state index >= 15 is 0 Å². The maximum Gasteiger partial charge on any atom is 0.307 e. The van der Waals surface area contributed by atoms with Crippen molar-refractivity contribution in [1.82, 2.24) is 5.32 Å².